The standard InChI is InChI=1S/C7H9N3O3S4/c1-14-9(15-2)4-6(11)17-7-8-3-5(16-7)10(12)13/h3H,4H2,1-2H3. The van der Waals surface area contributed by atoms with Gasteiger partial charge >= 0.3 is 5.00 Å². The summed E-state index contributed by atoms with van der Waals surface area (Å²) < 4.78 is 2.22. The zero-order valence-electron chi connectivity index (χ0n) is 8.98. The van der Waals surface area contributed by atoms with Gasteiger partial charge in [0, 0.05) is 0 Å². The monoisotopic (exact) mass is 311 g/mol. The summed E-state index contributed by atoms with van der Waals surface area (Å²) in [5.74, 6) is 0. The van der Waals surface area contributed by atoms with Crippen LogP contribution in [0.5, 0.6) is 0 Å². The number of thioether (sulfide) groups is 1. The predicted octanol–water partition coefficient (Wildman–Crippen LogP) is 2.53. The maximum absolute atomic E-state index is 11.6. The topological polar surface area (TPSA) is 76.3 Å². The molecule has 0 saturated carbocycles. The molecular formula is C7H9N3O3S4. The molecule has 10 heteroatoms. The van der Waals surface area contributed by atoms with Gasteiger partial charge < -0.3 is 0 Å². The smallest absolute Gasteiger partial charge is 0.285 e. The van der Waals surface area contributed by atoms with Gasteiger partial charge in [-0.2, -0.15) is 3.71 Å². The van der Waals surface area contributed by atoms with Crippen LogP contribution in [0.1, 0.15) is 0 Å². The minimum absolute atomic E-state index is 0.0492. The highest BCUT2D eigenvalue weighted by molar-refractivity contribution is 8.15. The zero-order valence-corrected chi connectivity index (χ0v) is 12.2. The van der Waals surface area contributed by atoms with Crippen molar-refractivity contribution in [1.82, 2.24) is 8.69 Å². The van der Waals surface area contributed by atoms with E-state index in [1.54, 1.807) is 0 Å². The van der Waals surface area contributed by atoms with Crippen molar-refractivity contribution in [2.75, 3.05) is 19.1 Å². The van der Waals surface area contributed by atoms with E-state index in [9.17, 15) is 14.9 Å². The lowest BCUT2D eigenvalue weighted by atomic mass is 10.8. The van der Waals surface area contributed by atoms with Crippen molar-refractivity contribution in [3.63, 3.8) is 0 Å². The third-order valence-electron chi connectivity index (χ3n) is 1.52. The summed E-state index contributed by atoms with van der Waals surface area (Å²) in [4.78, 5) is 25.4. The number of carbonyl (C=O) groups excluding carboxylic acids is 1. The highest BCUT2D eigenvalue weighted by atomic mass is 32.2. The molecule has 0 spiro atoms. The molecule has 1 rings (SSSR count). The van der Waals surface area contributed by atoms with Gasteiger partial charge in [0.1, 0.15) is 6.20 Å². The van der Waals surface area contributed by atoms with Gasteiger partial charge in [0.15, 0.2) is 4.34 Å². The van der Waals surface area contributed by atoms with Gasteiger partial charge in [-0.3, -0.25) is 14.9 Å². The molecule has 6 nitrogen and oxygen atoms in total. The first kappa shape index (κ1) is 14.8. The Morgan fingerprint density at radius 1 is 1.59 bits per heavy atom. The van der Waals surface area contributed by atoms with Gasteiger partial charge in [0.2, 0.25) is 5.12 Å². The predicted molar refractivity (Wildman–Crippen MR) is 73.4 cm³/mol. The summed E-state index contributed by atoms with van der Waals surface area (Å²) in [6.07, 6.45) is 4.92. The lowest BCUT2D eigenvalue weighted by Crippen LogP contribution is -2.14. The first-order valence-electron chi connectivity index (χ1n) is 4.23. The van der Waals surface area contributed by atoms with Crippen LogP contribution in [-0.2, 0) is 4.79 Å². The summed E-state index contributed by atoms with van der Waals surface area (Å²) >= 11 is 4.76. The maximum Gasteiger partial charge on any atom is 0.344 e. The van der Waals surface area contributed by atoms with E-state index < -0.39 is 4.92 Å². The fourth-order valence-electron chi connectivity index (χ4n) is 0.820. The molecular weight excluding hydrogens is 302 g/mol. The second-order valence-corrected chi connectivity index (χ2v) is 6.71. The van der Waals surface area contributed by atoms with Crippen molar-refractivity contribution in [1.29, 1.82) is 0 Å². The Labute approximate surface area is 115 Å². The van der Waals surface area contributed by atoms with Crippen molar-refractivity contribution in [2.45, 2.75) is 4.34 Å². The van der Waals surface area contributed by atoms with Crippen LogP contribution in [0.25, 0.3) is 0 Å². The number of aromatic nitrogens is 1. The van der Waals surface area contributed by atoms with E-state index in [-0.39, 0.29) is 16.7 Å². The van der Waals surface area contributed by atoms with Crippen LogP contribution < -0.4 is 0 Å². The van der Waals surface area contributed by atoms with Crippen molar-refractivity contribution in [3.05, 3.63) is 16.3 Å². The quantitative estimate of drug-likeness (QED) is 0.343. The van der Waals surface area contributed by atoms with E-state index in [0.717, 1.165) is 23.1 Å². The molecule has 1 heterocycles. The van der Waals surface area contributed by atoms with Gasteiger partial charge in [0.05, 0.1) is 11.5 Å². The number of carbonyl (C=O) groups is 1. The van der Waals surface area contributed by atoms with Crippen molar-refractivity contribution < 1.29 is 9.72 Å². The van der Waals surface area contributed by atoms with E-state index in [4.69, 9.17) is 0 Å². The van der Waals surface area contributed by atoms with Crippen LogP contribution in [-0.4, -0.2) is 37.8 Å². The number of hydrogen-bond donors (Lipinski definition) is 0. The van der Waals surface area contributed by atoms with Gasteiger partial charge in [0.25, 0.3) is 0 Å². The molecule has 0 aliphatic rings. The third-order valence-corrected chi connectivity index (χ3v) is 5.37. The summed E-state index contributed by atoms with van der Waals surface area (Å²) in [7, 11) is 0. The normalized spacial score (nSPS) is 10.8. The van der Waals surface area contributed by atoms with Crippen LogP contribution >= 0.6 is 47.0 Å². The van der Waals surface area contributed by atoms with Crippen LogP contribution in [0.2, 0.25) is 0 Å². The maximum atomic E-state index is 11.6. The Hall–Kier alpha value is -0.290. The average Bonchev–Trinajstić information content (AvgIpc) is 2.74. The van der Waals surface area contributed by atoms with E-state index in [2.05, 4.69) is 4.98 Å². The average molecular weight is 311 g/mol. The Bertz CT molecular complexity index is 407. The molecule has 0 radical (unpaired) electrons. The molecule has 0 amide bonds. The Morgan fingerprint density at radius 3 is 2.71 bits per heavy atom. The molecule has 17 heavy (non-hydrogen) atoms. The number of nitro groups is 1. The number of thiazole rings is 1. The van der Waals surface area contributed by atoms with Gasteiger partial charge in [-0.05, 0) is 35.6 Å². The molecule has 1 aromatic rings. The number of nitrogens with zero attached hydrogens (tertiary/aromatic N) is 3. The van der Waals surface area contributed by atoms with Crippen molar-refractivity contribution >= 4 is 57.1 Å². The van der Waals surface area contributed by atoms with E-state index in [1.807, 2.05) is 16.2 Å². The minimum Gasteiger partial charge on any atom is -0.285 e. The molecule has 0 aliphatic heterocycles. The van der Waals surface area contributed by atoms with E-state index >= 15 is 0 Å². The molecule has 94 valence electrons. The molecule has 0 aromatic carbocycles. The van der Waals surface area contributed by atoms with Crippen molar-refractivity contribution in [3.8, 4) is 0 Å². The summed E-state index contributed by atoms with van der Waals surface area (Å²) in [5, 5.41) is 10.3. The van der Waals surface area contributed by atoms with Crippen LogP contribution in [0.4, 0.5) is 5.00 Å². The second kappa shape index (κ2) is 7.21. The first-order chi connectivity index (χ1) is 8.06. The fourth-order valence-corrected chi connectivity index (χ4v) is 3.73. The molecule has 0 N–H and O–H groups in total. The minimum atomic E-state index is -0.512. The molecule has 0 atom stereocenters. The summed E-state index contributed by atoms with van der Waals surface area (Å²) in [5.41, 5.74) is 0. The first-order valence-corrected chi connectivity index (χ1v) is 8.23. The SMILES string of the molecule is CSN(CC(=O)Sc1ncc([N+](=O)[O-])s1)SC. The largest absolute Gasteiger partial charge is 0.344 e. The molecule has 0 unspecified atom stereocenters. The Morgan fingerprint density at radius 2 is 2.24 bits per heavy atom. The van der Waals surface area contributed by atoms with Crippen LogP contribution in [0, 0.1) is 10.1 Å². The highest BCUT2D eigenvalue weighted by Crippen LogP contribution is 2.30. The lowest BCUT2D eigenvalue weighted by molar-refractivity contribution is -0.380. The lowest BCUT2D eigenvalue weighted by Gasteiger charge is -2.12. The number of rotatable bonds is 6. The molecule has 0 saturated heterocycles. The van der Waals surface area contributed by atoms with E-state index in [1.165, 1.54) is 30.1 Å². The highest BCUT2D eigenvalue weighted by Gasteiger charge is 2.16. The number of hydrogen-bond acceptors (Lipinski definition) is 9. The fraction of sp³-hybridized carbons (Fsp3) is 0.429. The van der Waals surface area contributed by atoms with Crippen LogP contribution in [0.3, 0.4) is 0 Å². The molecule has 0 aliphatic carbocycles. The van der Waals surface area contributed by atoms with Crippen molar-refractivity contribution in [2.24, 2.45) is 0 Å². The zero-order chi connectivity index (χ0) is 12.8. The van der Waals surface area contributed by atoms with Gasteiger partial charge in [-0.15, -0.1) is 0 Å². The summed E-state index contributed by atoms with van der Waals surface area (Å²) in [6, 6.07) is 0. The van der Waals surface area contributed by atoms with Gasteiger partial charge in [-0.25, -0.2) is 4.98 Å². The van der Waals surface area contributed by atoms with Crippen LogP contribution in [0.15, 0.2) is 10.5 Å². The van der Waals surface area contributed by atoms with Gasteiger partial charge in [-0.1, -0.05) is 23.9 Å². The summed E-state index contributed by atoms with van der Waals surface area (Å²) in [6.45, 7) is 0.264. The molecule has 0 bridgehead atoms. The Balaban J connectivity index is 2.52. The third kappa shape index (κ3) is 4.84. The van der Waals surface area contributed by atoms with E-state index in [0.29, 0.717) is 4.34 Å². The Kier molecular flexibility index (Phi) is 6.27. The molecule has 1 aromatic heterocycles. The second-order valence-electron chi connectivity index (χ2n) is 2.55. The molecule has 0 fully saturated rings.